The Morgan fingerprint density at radius 1 is 1.29 bits per heavy atom. The van der Waals surface area contributed by atoms with E-state index in [9.17, 15) is 5.11 Å². The van der Waals surface area contributed by atoms with Crippen LogP contribution >= 0.6 is 0 Å². The van der Waals surface area contributed by atoms with Gasteiger partial charge < -0.3 is 20.3 Å². The summed E-state index contributed by atoms with van der Waals surface area (Å²) in [6.45, 7) is 5.98. The molecule has 0 spiro atoms. The van der Waals surface area contributed by atoms with E-state index in [0.717, 1.165) is 35.6 Å². The van der Waals surface area contributed by atoms with Gasteiger partial charge in [0.05, 0.1) is 0 Å². The Kier molecular flexibility index (Phi) is 4.24. The van der Waals surface area contributed by atoms with Crippen LogP contribution in [0.5, 0.6) is 0 Å². The van der Waals surface area contributed by atoms with Crippen molar-refractivity contribution in [2.75, 3.05) is 17.2 Å². The molecule has 1 aliphatic heterocycles. The molecule has 1 aromatic carbocycles. The number of nitrogens with two attached hydrogens (primary N) is 1. The van der Waals surface area contributed by atoms with E-state index in [1.54, 1.807) is 13.1 Å². The summed E-state index contributed by atoms with van der Waals surface area (Å²) in [5.41, 5.74) is 8.20. The van der Waals surface area contributed by atoms with Crippen molar-refractivity contribution in [1.29, 1.82) is 0 Å². The lowest BCUT2D eigenvalue weighted by atomic mass is 10.1. The molecule has 0 radical (unpaired) electrons. The number of nitrogen functional groups attached to an aromatic ring is 1. The molecule has 142 valence electrons. The number of aliphatic hydroxyl groups is 1. The van der Waals surface area contributed by atoms with E-state index in [-0.39, 0.29) is 11.8 Å². The average molecular weight is 376 g/mol. The third kappa shape index (κ3) is 3.28. The largest absolute Gasteiger partial charge is 0.370 e. The highest BCUT2D eigenvalue weighted by Gasteiger charge is 2.28. The van der Waals surface area contributed by atoms with E-state index < -0.39 is 5.60 Å². The molecule has 1 aliphatic rings. The van der Waals surface area contributed by atoms with E-state index >= 15 is 0 Å². The molecule has 0 saturated carbocycles. The first-order valence-electron chi connectivity index (χ1n) is 8.89. The Balaban J connectivity index is 1.67. The summed E-state index contributed by atoms with van der Waals surface area (Å²) in [7, 11) is 0. The van der Waals surface area contributed by atoms with Gasteiger partial charge in [-0.25, -0.2) is 4.98 Å². The summed E-state index contributed by atoms with van der Waals surface area (Å²) >= 11 is 0. The number of hydrogen-bond acceptors (Lipinski definition) is 8. The van der Waals surface area contributed by atoms with Gasteiger partial charge in [0.1, 0.15) is 5.82 Å². The lowest BCUT2D eigenvalue weighted by Gasteiger charge is -2.20. The standard InChI is InChI=1S/C20H20N6O2/c1-12-11-22-19(21)24-17(12)26-9-7-15-5-4-14(10-16(15)26)6-8-20(3,27)18-23-13(2)25-28-18/h4-5,10-11,27H,7,9H2,1-3H3,(H2,21,22,24). The Bertz CT molecular complexity index is 1110. The third-order valence-corrected chi connectivity index (χ3v) is 4.59. The minimum absolute atomic E-state index is 0.0763. The third-order valence-electron chi connectivity index (χ3n) is 4.59. The van der Waals surface area contributed by atoms with Gasteiger partial charge in [-0.2, -0.15) is 9.97 Å². The van der Waals surface area contributed by atoms with Crippen LogP contribution in [0.1, 0.15) is 35.3 Å². The highest BCUT2D eigenvalue weighted by Crippen LogP contribution is 2.35. The predicted molar refractivity (Wildman–Crippen MR) is 104 cm³/mol. The van der Waals surface area contributed by atoms with E-state index in [4.69, 9.17) is 10.3 Å². The molecule has 0 saturated heterocycles. The Hall–Kier alpha value is -3.44. The summed E-state index contributed by atoms with van der Waals surface area (Å²) in [6, 6.07) is 5.97. The van der Waals surface area contributed by atoms with Gasteiger partial charge in [-0.3, -0.25) is 0 Å². The van der Waals surface area contributed by atoms with Gasteiger partial charge in [0, 0.05) is 29.6 Å². The van der Waals surface area contributed by atoms with Crippen LogP contribution < -0.4 is 10.6 Å². The van der Waals surface area contributed by atoms with Crippen molar-refractivity contribution in [1.82, 2.24) is 20.1 Å². The molecule has 3 heterocycles. The van der Waals surface area contributed by atoms with Crippen LogP contribution in [0.3, 0.4) is 0 Å². The van der Waals surface area contributed by atoms with Crippen LogP contribution in [0.2, 0.25) is 0 Å². The van der Waals surface area contributed by atoms with Gasteiger partial charge in [0.15, 0.2) is 5.82 Å². The maximum absolute atomic E-state index is 10.5. The Labute approximate surface area is 162 Å². The molecule has 0 amide bonds. The Morgan fingerprint density at radius 2 is 2.11 bits per heavy atom. The highest BCUT2D eigenvalue weighted by atomic mass is 16.5. The van der Waals surface area contributed by atoms with Gasteiger partial charge in [0.25, 0.3) is 5.89 Å². The minimum Gasteiger partial charge on any atom is -0.370 e. The Morgan fingerprint density at radius 3 is 2.86 bits per heavy atom. The van der Waals surface area contributed by atoms with Crippen LogP contribution in [0.15, 0.2) is 28.9 Å². The fraction of sp³-hybridized carbons (Fsp3) is 0.300. The molecule has 2 aromatic heterocycles. The van der Waals surface area contributed by atoms with Crippen molar-refractivity contribution in [2.45, 2.75) is 32.8 Å². The number of rotatable bonds is 2. The zero-order valence-corrected chi connectivity index (χ0v) is 15.9. The van der Waals surface area contributed by atoms with Crippen molar-refractivity contribution in [2.24, 2.45) is 0 Å². The number of nitrogens with zero attached hydrogens (tertiary/aromatic N) is 5. The fourth-order valence-electron chi connectivity index (χ4n) is 3.14. The van der Waals surface area contributed by atoms with Crippen LogP contribution in [0.4, 0.5) is 17.5 Å². The zero-order chi connectivity index (χ0) is 19.9. The molecule has 28 heavy (non-hydrogen) atoms. The lowest BCUT2D eigenvalue weighted by molar-refractivity contribution is 0.0815. The molecule has 8 heteroatoms. The van der Waals surface area contributed by atoms with Gasteiger partial charge in [-0.1, -0.05) is 23.1 Å². The molecule has 1 unspecified atom stereocenters. The summed E-state index contributed by atoms with van der Waals surface area (Å²) in [6.07, 6.45) is 2.63. The molecule has 3 N–H and O–H groups in total. The summed E-state index contributed by atoms with van der Waals surface area (Å²) in [5.74, 6) is 7.39. The number of hydrogen-bond donors (Lipinski definition) is 2. The number of benzene rings is 1. The smallest absolute Gasteiger partial charge is 0.271 e. The van der Waals surface area contributed by atoms with Crippen molar-refractivity contribution in [3.8, 4) is 11.8 Å². The first-order chi connectivity index (χ1) is 13.3. The lowest BCUT2D eigenvalue weighted by Crippen LogP contribution is -2.19. The van der Waals surface area contributed by atoms with E-state index in [0.29, 0.717) is 5.82 Å². The van der Waals surface area contributed by atoms with Crippen LogP contribution in [-0.2, 0) is 12.0 Å². The minimum atomic E-state index is -1.53. The molecule has 0 fully saturated rings. The monoisotopic (exact) mass is 376 g/mol. The second-order valence-electron chi connectivity index (χ2n) is 6.95. The van der Waals surface area contributed by atoms with Crippen molar-refractivity contribution in [3.05, 3.63) is 52.8 Å². The second kappa shape index (κ2) is 6.62. The molecule has 8 nitrogen and oxygen atoms in total. The predicted octanol–water partition coefficient (Wildman–Crippen LogP) is 2.01. The highest BCUT2D eigenvalue weighted by molar-refractivity contribution is 5.71. The molecule has 4 rings (SSSR count). The molecule has 1 atom stereocenters. The maximum atomic E-state index is 10.5. The molecule has 0 bridgehead atoms. The van der Waals surface area contributed by atoms with Crippen LogP contribution in [-0.4, -0.2) is 31.8 Å². The van der Waals surface area contributed by atoms with Crippen molar-refractivity contribution in [3.63, 3.8) is 0 Å². The summed E-state index contributed by atoms with van der Waals surface area (Å²) in [5, 5.41) is 14.2. The van der Waals surface area contributed by atoms with Crippen LogP contribution in [0.25, 0.3) is 0 Å². The van der Waals surface area contributed by atoms with Crippen molar-refractivity contribution < 1.29 is 9.63 Å². The summed E-state index contributed by atoms with van der Waals surface area (Å²) in [4.78, 5) is 14.6. The average Bonchev–Trinajstić information content (AvgIpc) is 3.28. The first kappa shape index (κ1) is 17.9. The van der Waals surface area contributed by atoms with Crippen LogP contribution in [0, 0.1) is 25.7 Å². The maximum Gasteiger partial charge on any atom is 0.271 e. The quantitative estimate of drug-likeness (QED) is 0.653. The van der Waals surface area contributed by atoms with E-state index in [2.05, 4.69) is 36.8 Å². The molecular formula is C20H20N6O2. The molecule has 3 aromatic rings. The zero-order valence-electron chi connectivity index (χ0n) is 15.9. The van der Waals surface area contributed by atoms with Gasteiger partial charge in [-0.05, 0) is 44.9 Å². The number of aromatic nitrogens is 4. The fourth-order valence-corrected chi connectivity index (χ4v) is 3.14. The molecular weight excluding hydrogens is 356 g/mol. The van der Waals surface area contributed by atoms with Gasteiger partial charge >= 0.3 is 0 Å². The van der Waals surface area contributed by atoms with Crippen molar-refractivity contribution >= 4 is 17.5 Å². The van der Waals surface area contributed by atoms with Gasteiger partial charge in [-0.15, -0.1) is 0 Å². The van der Waals surface area contributed by atoms with Gasteiger partial charge in [0.2, 0.25) is 11.5 Å². The normalized spacial score (nSPS) is 14.9. The second-order valence-corrected chi connectivity index (χ2v) is 6.95. The number of anilines is 3. The van der Waals surface area contributed by atoms with E-state index in [1.165, 1.54) is 12.5 Å². The number of aryl methyl sites for hydroxylation is 2. The van der Waals surface area contributed by atoms with E-state index in [1.807, 2.05) is 25.1 Å². The SMILES string of the molecule is Cc1noc(C(C)(O)C#Cc2ccc3c(c2)N(c2nc(N)ncc2C)CC3)n1. The first-order valence-corrected chi connectivity index (χ1v) is 8.89. The number of fused-ring (bicyclic) bond motifs is 1. The summed E-state index contributed by atoms with van der Waals surface area (Å²) < 4.78 is 5.04. The topological polar surface area (TPSA) is 114 Å². The molecule has 0 aliphatic carbocycles.